The van der Waals surface area contributed by atoms with Gasteiger partial charge in [0.05, 0.1) is 11.1 Å². The summed E-state index contributed by atoms with van der Waals surface area (Å²) in [5.74, 6) is 2.55. The molecule has 39 heavy (non-hydrogen) atoms. The van der Waals surface area contributed by atoms with Gasteiger partial charge in [-0.2, -0.15) is 4.98 Å². The van der Waals surface area contributed by atoms with Gasteiger partial charge in [-0.1, -0.05) is 45.9 Å². The summed E-state index contributed by atoms with van der Waals surface area (Å²) in [6, 6.07) is 13.8. The summed E-state index contributed by atoms with van der Waals surface area (Å²) in [6.45, 7) is 16.7. The Kier molecular flexibility index (Phi) is 7.52. The number of nitrogens with zero attached hydrogens (tertiary/aromatic N) is 4. The predicted octanol–water partition coefficient (Wildman–Crippen LogP) is 6.79. The normalized spacial score (nSPS) is 17.1. The Bertz CT molecular complexity index is 1280. The standard InChI is InChI=1S/C32H40N4O3/c1-7-35(17-15-21(3)4)23-13-14-26-28(19-23)38-29-27(20-33-31(34-29)36(8-2)18-16-22(5)6)32(26)25-12-10-9-11-24(25)30(37)39-32/h9-14,19-22H,7-8,15-18H2,1-6H3. The van der Waals surface area contributed by atoms with Crippen LogP contribution in [-0.4, -0.2) is 42.1 Å². The first-order valence-corrected chi connectivity index (χ1v) is 14.3. The number of anilines is 2. The number of esters is 1. The van der Waals surface area contributed by atoms with Crippen LogP contribution in [0.2, 0.25) is 0 Å². The van der Waals surface area contributed by atoms with E-state index in [-0.39, 0.29) is 5.97 Å². The largest absolute Gasteiger partial charge is 0.440 e. The summed E-state index contributed by atoms with van der Waals surface area (Å²) in [6.07, 6.45) is 3.92. The first kappa shape index (κ1) is 27.0. The average Bonchev–Trinajstić information content (AvgIpc) is 3.21. The van der Waals surface area contributed by atoms with Crippen molar-refractivity contribution >= 4 is 17.6 Å². The van der Waals surface area contributed by atoms with Gasteiger partial charge in [-0.05, 0) is 56.7 Å². The summed E-state index contributed by atoms with van der Waals surface area (Å²) in [7, 11) is 0. The molecule has 0 bridgehead atoms. The van der Waals surface area contributed by atoms with Gasteiger partial charge < -0.3 is 19.3 Å². The molecule has 1 aromatic heterocycles. The van der Waals surface area contributed by atoms with Crippen molar-refractivity contribution in [3.05, 3.63) is 70.9 Å². The fourth-order valence-electron chi connectivity index (χ4n) is 5.48. The van der Waals surface area contributed by atoms with Crippen molar-refractivity contribution in [3.63, 3.8) is 0 Å². The molecule has 2 aliphatic rings. The Labute approximate surface area is 232 Å². The number of carbonyl (C=O) groups excluding carboxylic acids is 1. The minimum absolute atomic E-state index is 0.350. The third-order valence-corrected chi connectivity index (χ3v) is 7.81. The van der Waals surface area contributed by atoms with Crippen molar-refractivity contribution in [3.8, 4) is 11.6 Å². The Morgan fingerprint density at radius 2 is 1.56 bits per heavy atom. The Morgan fingerprint density at radius 3 is 2.26 bits per heavy atom. The minimum atomic E-state index is -1.16. The van der Waals surface area contributed by atoms with E-state index in [4.69, 9.17) is 19.4 Å². The SMILES string of the molecule is CCN(CCC(C)C)c1ccc2c(c1)Oc1nc(N(CC)CCC(C)C)ncc1C21OC(=O)c2ccccc21. The molecule has 0 fully saturated rings. The average molecular weight is 529 g/mol. The van der Waals surface area contributed by atoms with Crippen molar-refractivity contribution in [1.82, 2.24) is 9.97 Å². The molecule has 7 nitrogen and oxygen atoms in total. The molecule has 0 amide bonds. The van der Waals surface area contributed by atoms with E-state index in [1.807, 2.05) is 30.3 Å². The lowest BCUT2D eigenvalue weighted by Gasteiger charge is -2.36. The van der Waals surface area contributed by atoms with Crippen LogP contribution in [0.15, 0.2) is 48.7 Å². The maximum atomic E-state index is 13.2. The molecular weight excluding hydrogens is 488 g/mol. The van der Waals surface area contributed by atoms with Crippen LogP contribution in [0.4, 0.5) is 11.6 Å². The van der Waals surface area contributed by atoms with Crippen LogP contribution in [0.5, 0.6) is 11.6 Å². The lowest BCUT2D eigenvalue weighted by Crippen LogP contribution is -2.35. The number of ether oxygens (including phenoxy) is 2. The second-order valence-electron chi connectivity index (χ2n) is 11.3. The lowest BCUT2D eigenvalue weighted by atomic mass is 9.79. The number of aromatic nitrogens is 2. The highest BCUT2D eigenvalue weighted by Crippen LogP contribution is 2.56. The zero-order chi connectivity index (χ0) is 27.7. The molecule has 1 atom stereocenters. The summed E-state index contributed by atoms with van der Waals surface area (Å²) in [5, 5.41) is 0. The van der Waals surface area contributed by atoms with E-state index >= 15 is 0 Å². The van der Waals surface area contributed by atoms with Gasteiger partial charge in [0.25, 0.3) is 0 Å². The van der Waals surface area contributed by atoms with Crippen molar-refractivity contribution in [2.75, 3.05) is 36.0 Å². The van der Waals surface area contributed by atoms with Crippen LogP contribution in [0.25, 0.3) is 0 Å². The molecular formula is C32H40N4O3. The maximum Gasteiger partial charge on any atom is 0.340 e. The predicted molar refractivity (Wildman–Crippen MR) is 155 cm³/mol. The maximum absolute atomic E-state index is 13.2. The van der Waals surface area contributed by atoms with E-state index in [0.717, 1.165) is 55.8 Å². The Morgan fingerprint density at radius 1 is 0.872 bits per heavy atom. The molecule has 2 aliphatic heterocycles. The molecule has 0 N–H and O–H groups in total. The summed E-state index contributed by atoms with van der Waals surface area (Å²) < 4.78 is 12.8. The van der Waals surface area contributed by atoms with E-state index in [2.05, 4.69) is 63.5 Å². The van der Waals surface area contributed by atoms with Crippen molar-refractivity contribution in [2.45, 2.75) is 60.0 Å². The van der Waals surface area contributed by atoms with Crippen LogP contribution in [0.1, 0.15) is 81.4 Å². The number of fused-ring (bicyclic) bond motifs is 6. The molecule has 1 spiro atoms. The molecule has 2 aromatic carbocycles. The van der Waals surface area contributed by atoms with Crippen LogP contribution < -0.4 is 14.5 Å². The van der Waals surface area contributed by atoms with Gasteiger partial charge in [0, 0.05) is 55.3 Å². The molecule has 3 aromatic rings. The van der Waals surface area contributed by atoms with Gasteiger partial charge in [0.2, 0.25) is 11.8 Å². The molecule has 206 valence electrons. The first-order chi connectivity index (χ1) is 18.8. The number of benzene rings is 2. The number of rotatable bonds is 10. The molecule has 3 heterocycles. The zero-order valence-electron chi connectivity index (χ0n) is 24.0. The molecule has 0 saturated heterocycles. The third kappa shape index (κ3) is 4.83. The van der Waals surface area contributed by atoms with Crippen LogP contribution in [0, 0.1) is 11.8 Å². The monoisotopic (exact) mass is 528 g/mol. The van der Waals surface area contributed by atoms with Gasteiger partial charge in [-0.25, -0.2) is 9.78 Å². The van der Waals surface area contributed by atoms with Gasteiger partial charge in [-0.3, -0.25) is 0 Å². The van der Waals surface area contributed by atoms with E-state index in [0.29, 0.717) is 40.5 Å². The topological polar surface area (TPSA) is 67.8 Å². The van der Waals surface area contributed by atoms with E-state index in [9.17, 15) is 4.79 Å². The van der Waals surface area contributed by atoms with Gasteiger partial charge in [0.15, 0.2) is 5.60 Å². The van der Waals surface area contributed by atoms with Gasteiger partial charge in [0.1, 0.15) is 5.75 Å². The summed E-state index contributed by atoms with van der Waals surface area (Å²) >= 11 is 0. The lowest BCUT2D eigenvalue weighted by molar-refractivity contribution is 0.0220. The fraction of sp³-hybridized carbons (Fsp3) is 0.469. The number of hydrogen-bond acceptors (Lipinski definition) is 7. The van der Waals surface area contributed by atoms with E-state index in [1.165, 1.54) is 0 Å². The zero-order valence-corrected chi connectivity index (χ0v) is 24.0. The van der Waals surface area contributed by atoms with Gasteiger partial charge >= 0.3 is 5.97 Å². The summed E-state index contributed by atoms with van der Waals surface area (Å²) in [5.41, 5.74) is 2.72. The van der Waals surface area contributed by atoms with Gasteiger partial charge in [-0.15, -0.1) is 0 Å². The van der Waals surface area contributed by atoms with E-state index < -0.39 is 5.60 Å². The van der Waals surface area contributed by atoms with Crippen molar-refractivity contribution < 1.29 is 14.3 Å². The second kappa shape index (κ2) is 10.9. The first-order valence-electron chi connectivity index (χ1n) is 14.3. The fourth-order valence-corrected chi connectivity index (χ4v) is 5.48. The molecule has 0 radical (unpaired) electrons. The van der Waals surface area contributed by atoms with Crippen LogP contribution >= 0.6 is 0 Å². The van der Waals surface area contributed by atoms with E-state index in [1.54, 1.807) is 6.20 Å². The number of hydrogen-bond donors (Lipinski definition) is 0. The van der Waals surface area contributed by atoms with Crippen molar-refractivity contribution in [1.29, 1.82) is 0 Å². The van der Waals surface area contributed by atoms with Crippen LogP contribution in [-0.2, 0) is 10.3 Å². The highest BCUT2D eigenvalue weighted by atomic mass is 16.6. The Hall–Kier alpha value is -3.61. The number of carbonyl (C=O) groups is 1. The molecule has 1 unspecified atom stereocenters. The third-order valence-electron chi connectivity index (χ3n) is 7.81. The second-order valence-corrected chi connectivity index (χ2v) is 11.3. The molecule has 0 aliphatic carbocycles. The smallest absolute Gasteiger partial charge is 0.340 e. The highest BCUT2D eigenvalue weighted by molar-refractivity contribution is 5.97. The highest BCUT2D eigenvalue weighted by Gasteiger charge is 2.54. The quantitative estimate of drug-likeness (QED) is 0.268. The molecule has 5 rings (SSSR count). The Balaban J connectivity index is 1.64. The molecule has 7 heteroatoms. The van der Waals surface area contributed by atoms with Crippen LogP contribution in [0.3, 0.4) is 0 Å². The van der Waals surface area contributed by atoms with Crippen molar-refractivity contribution in [2.24, 2.45) is 11.8 Å². The summed E-state index contributed by atoms with van der Waals surface area (Å²) in [4.78, 5) is 27.4. The molecule has 0 saturated carbocycles. The minimum Gasteiger partial charge on any atom is -0.440 e.